The fourth-order valence-corrected chi connectivity index (χ4v) is 2.24. The summed E-state index contributed by atoms with van der Waals surface area (Å²) in [6.07, 6.45) is 0. The van der Waals surface area contributed by atoms with Gasteiger partial charge in [0, 0.05) is 12.4 Å². The number of aromatic nitrogens is 4. The van der Waals surface area contributed by atoms with Crippen molar-refractivity contribution in [3.63, 3.8) is 0 Å². The Balaban J connectivity index is 2.08. The van der Waals surface area contributed by atoms with Gasteiger partial charge < -0.3 is 5.73 Å². The minimum atomic E-state index is 0.574. The summed E-state index contributed by atoms with van der Waals surface area (Å²) in [5.41, 5.74) is 9.09. The fraction of sp³-hybridized carbons (Fsp3) is 0.231. The highest BCUT2D eigenvalue weighted by Crippen LogP contribution is 2.20. The third-order valence-corrected chi connectivity index (χ3v) is 3.10. The highest BCUT2D eigenvalue weighted by atomic mass is 15.3. The second kappa shape index (κ2) is 3.87. The average Bonchev–Trinajstić information content (AvgIpc) is 2.82. The quantitative estimate of drug-likeness (QED) is 0.743. The molecule has 2 N–H and O–H groups in total. The summed E-state index contributed by atoms with van der Waals surface area (Å²) in [4.78, 5) is 0. The molecule has 5 heteroatoms. The smallest absolute Gasteiger partial charge is 0.153 e. The maximum atomic E-state index is 5.92. The second-order valence-corrected chi connectivity index (χ2v) is 4.46. The fourth-order valence-electron chi connectivity index (χ4n) is 2.24. The Morgan fingerprint density at radius 2 is 2.00 bits per heavy atom. The molecule has 18 heavy (non-hydrogen) atoms. The van der Waals surface area contributed by atoms with Gasteiger partial charge in [-0.05, 0) is 25.1 Å². The number of aryl methyl sites for hydroxylation is 2. The number of para-hydroxylation sites is 1. The van der Waals surface area contributed by atoms with Gasteiger partial charge in [0.05, 0.1) is 23.4 Å². The lowest BCUT2D eigenvalue weighted by Crippen LogP contribution is -2.07. The molecule has 0 spiro atoms. The molecule has 0 saturated heterocycles. The normalized spacial score (nSPS) is 11.2. The zero-order valence-electron chi connectivity index (χ0n) is 10.5. The summed E-state index contributed by atoms with van der Waals surface area (Å²) >= 11 is 0. The van der Waals surface area contributed by atoms with Crippen LogP contribution < -0.4 is 5.73 Å². The van der Waals surface area contributed by atoms with E-state index in [9.17, 15) is 0 Å². The van der Waals surface area contributed by atoms with Gasteiger partial charge in [-0.3, -0.25) is 9.36 Å². The van der Waals surface area contributed by atoms with Crippen LogP contribution in [0.15, 0.2) is 30.3 Å². The zero-order chi connectivity index (χ0) is 12.7. The number of anilines is 1. The van der Waals surface area contributed by atoms with Crippen LogP contribution in [-0.2, 0) is 13.6 Å². The summed E-state index contributed by atoms with van der Waals surface area (Å²) in [5.74, 6) is 0.574. The van der Waals surface area contributed by atoms with Crippen LogP contribution >= 0.6 is 0 Å². The van der Waals surface area contributed by atoms with Crippen LogP contribution in [-0.4, -0.2) is 19.6 Å². The number of hydrogen-bond acceptors (Lipinski definition) is 3. The van der Waals surface area contributed by atoms with E-state index < -0.39 is 0 Å². The van der Waals surface area contributed by atoms with Gasteiger partial charge in [0.1, 0.15) is 0 Å². The topological polar surface area (TPSA) is 61.7 Å². The summed E-state index contributed by atoms with van der Waals surface area (Å²) in [6.45, 7) is 2.66. The SMILES string of the molecule is Cc1cc(Cn2nc(N)c3ccccc32)n(C)n1. The third-order valence-electron chi connectivity index (χ3n) is 3.10. The first kappa shape index (κ1) is 10.8. The molecule has 2 heterocycles. The van der Waals surface area contributed by atoms with Crippen molar-refractivity contribution in [2.24, 2.45) is 7.05 Å². The van der Waals surface area contributed by atoms with Gasteiger partial charge in [-0.25, -0.2) is 0 Å². The molecule has 0 saturated carbocycles. The molecule has 1 aromatic carbocycles. The number of nitrogen functional groups attached to an aromatic ring is 1. The van der Waals surface area contributed by atoms with Crippen LogP contribution in [0, 0.1) is 6.92 Å². The predicted octanol–water partition coefficient (Wildman–Crippen LogP) is 1.71. The molecule has 3 aromatic rings. The summed E-state index contributed by atoms with van der Waals surface area (Å²) in [6, 6.07) is 10.0. The number of nitrogens with two attached hydrogens (primary N) is 1. The Bertz CT molecular complexity index is 707. The Kier molecular flexibility index (Phi) is 2.33. The van der Waals surface area contributed by atoms with Crippen LogP contribution in [0.1, 0.15) is 11.4 Å². The van der Waals surface area contributed by atoms with Crippen molar-refractivity contribution in [2.75, 3.05) is 5.73 Å². The number of benzene rings is 1. The first-order valence-corrected chi connectivity index (χ1v) is 5.85. The van der Waals surface area contributed by atoms with Crippen molar-refractivity contribution in [1.82, 2.24) is 19.6 Å². The first-order valence-electron chi connectivity index (χ1n) is 5.85. The number of nitrogens with zero attached hydrogens (tertiary/aromatic N) is 4. The molecule has 5 nitrogen and oxygen atoms in total. The summed E-state index contributed by atoms with van der Waals surface area (Å²) in [5, 5.41) is 9.72. The maximum absolute atomic E-state index is 5.92. The Morgan fingerprint density at radius 1 is 1.22 bits per heavy atom. The largest absolute Gasteiger partial charge is 0.382 e. The lowest BCUT2D eigenvalue weighted by Gasteiger charge is -2.03. The molecule has 0 unspecified atom stereocenters. The van der Waals surface area contributed by atoms with E-state index in [1.54, 1.807) is 0 Å². The molecular weight excluding hydrogens is 226 g/mol. The number of fused-ring (bicyclic) bond motifs is 1. The predicted molar refractivity (Wildman–Crippen MR) is 71.2 cm³/mol. The summed E-state index contributed by atoms with van der Waals surface area (Å²) in [7, 11) is 1.94. The first-order chi connectivity index (χ1) is 8.65. The Hall–Kier alpha value is -2.30. The minimum absolute atomic E-state index is 0.574. The van der Waals surface area contributed by atoms with E-state index in [0.29, 0.717) is 12.4 Å². The van der Waals surface area contributed by atoms with E-state index in [1.807, 2.05) is 47.6 Å². The average molecular weight is 241 g/mol. The molecule has 3 rings (SSSR count). The molecule has 0 atom stereocenters. The van der Waals surface area contributed by atoms with Gasteiger partial charge in [0.2, 0.25) is 0 Å². The van der Waals surface area contributed by atoms with E-state index >= 15 is 0 Å². The van der Waals surface area contributed by atoms with Crippen LogP contribution in [0.3, 0.4) is 0 Å². The van der Waals surface area contributed by atoms with Gasteiger partial charge in [-0.1, -0.05) is 12.1 Å². The molecule has 2 aromatic heterocycles. The van der Waals surface area contributed by atoms with E-state index in [0.717, 1.165) is 22.3 Å². The number of hydrogen-bond donors (Lipinski definition) is 1. The van der Waals surface area contributed by atoms with E-state index in [-0.39, 0.29) is 0 Å². The molecule has 0 amide bonds. The lowest BCUT2D eigenvalue weighted by molar-refractivity contribution is 0.634. The number of rotatable bonds is 2. The summed E-state index contributed by atoms with van der Waals surface area (Å²) < 4.78 is 3.79. The minimum Gasteiger partial charge on any atom is -0.382 e. The van der Waals surface area contributed by atoms with Crippen LogP contribution in [0.2, 0.25) is 0 Å². The molecule has 0 fully saturated rings. The van der Waals surface area contributed by atoms with Crippen LogP contribution in [0.5, 0.6) is 0 Å². The second-order valence-electron chi connectivity index (χ2n) is 4.46. The zero-order valence-corrected chi connectivity index (χ0v) is 10.5. The molecule has 0 radical (unpaired) electrons. The Morgan fingerprint density at radius 3 is 2.72 bits per heavy atom. The molecule has 0 bridgehead atoms. The van der Waals surface area contributed by atoms with Crippen molar-refractivity contribution in [1.29, 1.82) is 0 Å². The van der Waals surface area contributed by atoms with Gasteiger partial charge in [0.25, 0.3) is 0 Å². The third kappa shape index (κ3) is 1.64. The lowest BCUT2D eigenvalue weighted by atomic mass is 10.2. The van der Waals surface area contributed by atoms with Crippen molar-refractivity contribution >= 4 is 16.7 Å². The van der Waals surface area contributed by atoms with Crippen molar-refractivity contribution < 1.29 is 0 Å². The molecule has 0 aliphatic heterocycles. The van der Waals surface area contributed by atoms with Gasteiger partial charge in [-0.15, -0.1) is 0 Å². The van der Waals surface area contributed by atoms with Gasteiger partial charge >= 0.3 is 0 Å². The van der Waals surface area contributed by atoms with E-state index in [2.05, 4.69) is 16.3 Å². The van der Waals surface area contributed by atoms with Gasteiger partial charge in [0.15, 0.2) is 5.82 Å². The van der Waals surface area contributed by atoms with Crippen LogP contribution in [0.25, 0.3) is 10.9 Å². The van der Waals surface area contributed by atoms with E-state index in [4.69, 9.17) is 5.73 Å². The van der Waals surface area contributed by atoms with Gasteiger partial charge in [-0.2, -0.15) is 10.2 Å². The van der Waals surface area contributed by atoms with Crippen molar-refractivity contribution in [3.05, 3.63) is 41.7 Å². The molecular formula is C13H15N5. The molecule has 0 aliphatic rings. The standard InChI is InChI=1S/C13H15N5/c1-9-7-10(17(2)15-9)8-18-12-6-4-3-5-11(12)13(14)16-18/h3-7H,8H2,1-2H3,(H2,14,16). The highest BCUT2D eigenvalue weighted by Gasteiger charge is 2.09. The monoisotopic (exact) mass is 241 g/mol. The van der Waals surface area contributed by atoms with Crippen molar-refractivity contribution in [2.45, 2.75) is 13.5 Å². The maximum Gasteiger partial charge on any atom is 0.153 e. The van der Waals surface area contributed by atoms with Crippen molar-refractivity contribution in [3.8, 4) is 0 Å². The van der Waals surface area contributed by atoms with E-state index in [1.165, 1.54) is 0 Å². The van der Waals surface area contributed by atoms with Crippen LogP contribution in [0.4, 0.5) is 5.82 Å². The molecule has 0 aliphatic carbocycles. The Labute approximate surface area is 105 Å². The highest BCUT2D eigenvalue weighted by molar-refractivity contribution is 5.89. The molecule has 92 valence electrons.